The van der Waals surface area contributed by atoms with Gasteiger partial charge in [-0.15, -0.1) is 4.98 Å². The summed E-state index contributed by atoms with van der Waals surface area (Å²) in [5.41, 5.74) is 6.80. The van der Waals surface area contributed by atoms with E-state index in [-0.39, 0.29) is 5.95 Å². The fourth-order valence-corrected chi connectivity index (χ4v) is 1.75. The van der Waals surface area contributed by atoms with E-state index in [4.69, 9.17) is 10.5 Å². The third-order valence-corrected chi connectivity index (χ3v) is 2.92. The highest BCUT2D eigenvalue weighted by Crippen LogP contribution is 2.11. The minimum absolute atomic E-state index is 0.258. The van der Waals surface area contributed by atoms with Crippen LogP contribution in [-0.4, -0.2) is 35.7 Å². The molecule has 6 heteroatoms. The number of ether oxygens (including phenoxy) is 1. The zero-order chi connectivity index (χ0) is 13.7. The monoisotopic (exact) mass is 260 g/mol. The first kappa shape index (κ1) is 13.2. The molecule has 1 unspecified atom stereocenters. The minimum atomic E-state index is 0.258. The van der Waals surface area contributed by atoms with Crippen LogP contribution in [0.2, 0.25) is 0 Å². The second-order valence-electron chi connectivity index (χ2n) is 4.30. The normalized spacial score (nSPS) is 12.1. The van der Waals surface area contributed by atoms with Crippen LogP contribution in [0.4, 0.5) is 11.9 Å². The van der Waals surface area contributed by atoms with E-state index < -0.39 is 0 Å². The van der Waals surface area contributed by atoms with Crippen LogP contribution in [0.5, 0.6) is 5.75 Å². The number of quaternary nitrogens is 1. The van der Waals surface area contributed by atoms with Gasteiger partial charge in [-0.2, -0.15) is 4.98 Å². The van der Waals surface area contributed by atoms with Crippen LogP contribution in [0.1, 0.15) is 5.56 Å². The zero-order valence-corrected chi connectivity index (χ0v) is 11.1. The molecular formula is C13H18N5O+. The summed E-state index contributed by atoms with van der Waals surface area (Å²) in [6.07, 6.45) is 2.37. The first-order valence-electron chi connectivity index (χ1n) is 6.09. The van der Waals surface area contributed by atoms with Crippen LogP contribution in [0.15, 0.2) is 30.6 Å². The number of aromatic nitrogens is 3. The second-order valence-corrected chi connectivity index (χ2v) is 4.30. The molecular weight excluding hydrogens is 242 g/mol. The predicted octanol–water partition coefficient (Wildman–Crippen LogP) is -0.149. The number of rotatable bonds is 5. The standard InChI is InChI=1S/C13H17N5O/c1-18(13-16-9-15-12(14)17-13)8-7-10-3-5-11(19-2)6-4-10/h3-6,9H,7-8H2,1-2H3,(H2,14,15,16,17)/p+1. The van der Waals surface area contributed by atoms with Crippen molar-refractivity contribution in [2.45, 2.75) is 6.42 Å². The summed E-state index contributed by atoms with van der Waals surface area (Å²) in [6.45, 7) is 0.885. The smallest absolute Gasteiger partial charge is 0.331 e. The van der Waals surface area contributed by atoms with Crippen LogP contribution in [-0.2, 0) is 6.42 Å². The summed E-state index contributed by atoms with van der Waals surface area (Å²) in [4.78, 5) is 13.1. The van der Waals surface area contributed by atoms with Crippen molar-refractivity contribution in [1.29, 1.82) is 0 Å². The molecule has 100 valence electrons. The van der Waals surface area contributed by atoms with E-state index in [1.54, 1.807) is 7.11 Å². The molecule has 3 N–H and O–H groups in total. The lowest BCUT2D eigenvalue weighted by Gasteiger charge is -2.11. The summed E-state index contributed by atoms with van der Waals surface area (Å²) in [7, 11) is 3.68. The Morgan fingerprint density at radius 2 is 1.95 bits per heavy atom. The highest BCUT2D eigenvalue weighted by Gasteiger charge is 2.10. The Morgan fingerprint density at radius 1 is 1.21 bits per heavy atom. The quantitative estimate of drug-likeness (QED) is 0.782. The molecule has 0 aliphatic heterocycles. The molecule has 0 saturated carbocycles. The van der Waals surface area contributed by atoms with Gasteiger partial charge in [-0.25, -0.2) is 4.98 Å². The number of likely N-dealkylation sites (N-methyl/N-ethyl adjacent to an activating group) is 1. The SMILES string of the molecule is COc1ccc(CC[NH+](C)c2ncnc(N)n2)cc1. The van der Waals surface area contributed by atoms with E-state index in [1.165, 1.54) is 11.9 Å². The van der Waals surface area contributed by atoms with Crippen molar-refractivity contribution >= 4 is 11.9 Å². The number of nitrogens with one attached hydrogen (secondary N) is 1. The van der Waals surface area contributed by atoms with E-state index in [0.29, 0.717) is 5.95 Å². The molecule has 2 rings (SSSR count). The maximum absolute atomic E-state index is 5.55. The Labute approximate surface area is 112 Å². The fourth-order valence-electron chi connectivity index (χ4n) is 1.75. The molecule has 1 aromatic heterocycles. The molecule has 0 spiro atoms. The van der Waals surface area contributed by atoms with E-state index in [2.05, 4.69) is 27.1 Å². The molecule has 0 radical (unpaired) electrons. The molecule has 2 aromatic rings. The largest absolute Gasteiger partial charge is 0.497 e. The van der Waals surface area contributed by atoms with Crippen molar-refractivity contribution in [2.24, 2.45) is 0 Å². The first-order chi connectivity index (χ1) is 9.19. The van der Waals surface area contributed by atoms with E-state index >= 15 is 0 Å². The Balaban J connectivity index is 1.94. The Hall–Kier alpha value is -2.21. The topological polar surface area (TPSA) is 78.4 Å². The van der Waals surface area contributed by atoms with Crippen LogP contribution >= 0.6 is 0 Å². The maximum Gasteiger partial charge on any atom is 0.331 e. The van der Waals surface area contributed by atoms with Gasteiger partial charge in [-0.1, -0.05) is 12.1 Å². The molecule has 0 aliphatic carbocycles. The number of benzene rings is 1. The van der Waals surface area contributed by atoms with Crippen LogP contribution in [0.3, 0.4) is 0 Å². The van der Waals surface area contributed by atoms with Gasteiger partial charge in [-0.05, 0) is 17.7 Å². The molecule has 1 atom stereocenters. The van der Waals surface area contributed by atoms with Gasteiger partial charge >= 0.3 is 5.95 Å². The van der Waals surface area contributed by atoms with E-state index in [1.807, 2.05) is 19.2 Å². The average molecular weight is 260 g/mol. The van der Waals surface area contributed by atoms with Crippen molar-refractivity contribution in [3.8, 4) is 5.75 Å². The lowest BCUT2D eigenvalue weighted by molar-refractivity contribution is -0.815. The molecule has 6 nitrogen and oxygen atoms in total. The number of nitrogens with zero attached hydrogens (tertiary/aromatic N) is 3. The maximum atomic E-state index is 5.55. The highest BCUT2D eigenvalue weighted by atomic mass is 16.5. The van der Waals surface area contributed by atoms with Gasteiger partial charge in [0, 0.05) is 6.42 Å². The van der Waals surface area contributed by atoms with Crippen LogP contribution in [0, 0.1) is 0 Å². The molecule has 1 aromatic carbocycles. The Morgan fingerprint density at radius 3 is 2.58 bits per heavy atom. The molecule has 19 heavy (non-hydrogen) atoms. The number of methoxy groups -OCH3 is 1. The van der Waals surface area contributed by atoms with Crippen molar-refractivity contribution in [1.82, 2.24) is 15.0 Å². The fraction of sp³-hybridized carbons (Fsp3) is 0.308. The van der Waals surface area contributed by atoms with Crippen molar-refractivity contribution < 1.29 is 9.64 Å². The second kappa shape index (κ2) is 6.10. The van der Waals surface area contributed by atoms with Gasteiger partial charge in [0.1, 0.15) is 12.1 Å². The Bertz CT molecular complexity index is 529. The van der Waals surface area contributed by atoms with Gasteiger partial charge in [0.25, 0.3) is 0 Å². The summed E-state index contributed by atoms with van der Waals surface area (Å²) < 4.78 is 5.13. The third-order valence-electron chi connectivity index (χ3n) is 2.92. The molecule has 0 bridgehead atoms. The molecule has 1 heterocycles. The van der Waals surface area contributed by atoms with Gasteiger partial charge in [0.15, 0.2) is 0 Å². The highest BCUT2D eigenvalue weighted by molar-refractivity contribution is 5.27. The van der Waals surface area contributed by atoms with E-state index in [9.17, 15) is 0 Å². The molecule has 0 aliphatic rings. The van der Waals surface area contributed by atoms with Crippen molar-refractivity contribution in [3.05, 3.63) is 36.2 Å². The summed E-state index contributed by atoms with van der Waals surface area (Å²) in [6, 6.07) is 8.05. The lowest BCUT2D eigenvalue weighted by atomic mass is 10.1. The molecule has 0 saturated heterocycles. The summed E-state index contributed by atoms with van der Waals surface area (Å²) >= 11 is 0. The number of anilines is 1. The lowest BCUT2D eigenvalue weighted by Crippen LogP contribution is -3.04. The summed E-state index contributed by atoms with van der Waals surface area (Å²) in [5.74, 6) is 1.80. The molecule has 0 fully saturated rings. The number of nitrogens with two attached hydrogens (primary N) is 1. The van der Waals surface area contributed by atoms with Crippen LogP contribution in [0.25, 0.3) is 0 Å². The van der Waals surface area contributed by atoms with Crippen molar-refractivity contribution in [2.75, 3.05) is 26.4 Å². The minimum Gasteiger partial charge on any atom is -0.497 e. The zero-order valence-electron chi connectivity index (χ0n) is 11.1. The van der Waals surface area contributed by atoms with Crippen molar-refractivity contribution in [3.63, 3.8) is 0 Å². The average Bonchev–Trinajstić information content (AvgIpc) is 2.45. The van der Waals surface area contributed by atoms with E-state index in [0.717, 1.165) is 23.6 Å². The van der Waals surface area contributed by atoms with Gasteiger partial charge in [0.05, 0.1) is 20.7 Å². The van der Waals surface area contributed by atoms with Crippen LogP contribution < -0.4 is 15.4 Å². The summed E-state index contributed by atoms with van der Waals surface area (Å²) in [5, 5.41) is 0. The Kier molecular flexibility index (Phi) is 4.25. The van der Waals surface area contributed by atoms with Gasteiger partial charge < -0.3 is 10.5 Å². The van der Waals surface area contributed by atoms with Gasteiger partial charge in [-0.3, -0.25) is 4.90 Å². The molecule has 0 amide bonds. The number of hydrogen-bond acceptors (Lipinski definition) is 5. The number of hydrogen-bond donors (Lipinski definition) is 2. The van der Waals surface area contributed by atoms with Gasteiger partial charge in [0.2, 0.25) is 5.95 Å². The predicted molar refractivity (Wildman–Crippen MR) is 72.4 cm³/mol. The number of nitrogen functional groups attached to an aromatic ring is 1. The first-order valence-corrected chi connectivity index (χ1v) is 6.09. The third kappa shape index (κ3) is 3.62.